The SMILES string of the molecule is COC(=O)c1cccc(NC(=O)c2ccc(S(=O)(=O)NC(C)(C)C)cc2)c1O. The van der Waals surface area contributed by atoms with Crippen LogP contribution in [0, 0.1) is 0 Å². The van der Waals surface area contributed by atoms with E-state index in [4.69, 9.17) is 0 Å². The molecule has 0 heterocycles. The van der Waals surface area contributed by atoms with E-state index in [1.807, 2.05) is 0 Å². The van der Waals surface area contributed by atoms with Gasteiger partial charge in [0.05, 0.1) is 17.7 Å². The molecule has 0 aliphatic rings. The Hall–Kier alpha value is -2.91. The van der Waals surface area contributed by atoms with Crippen molar-refractivity contribution in [3.8, 4) is 5.75 Å². The second-order valence-electron chi connectivity index (χ2n) is 7.03. The fraction of sp³-hybridized carbons (Fsp3) is 0.263. The average Bonchev–Trinajstić information content (AvgIpc) is 2.61. The number of nitrogens with one attached hydrogen (secondary N) is 2. The van der Waals surface area contributed by atoms with Gasteiger partial charge >= 0.3 is 5.97 Å². The number of rotatable bonds is 5. The number of aromatic hydroxyl groups is 1. The van der Waals surface area contributed by atoms with E-state index in [1.54, 1.807) is 20.8 Å². The monoisotopic (exact) mass is 406 g/mol. The molecular formula is C19H22N2O6S. The highest BCUT2D eigenvalue weighted by atomic mass is 32.2. The van der Waals surface area contributed by atoms with E-state index in [1.165, 1.54) is 49.6 Å². The number of methoxy groups -OCH3 is 1. The molecule has 28 heavy (non-hydrogen) atoms. The fourth-order valence-electron chi connectivity index (χ4n) is 2.36. The van der Waals surface area contributed by atoms with Crippen LogP contribution in [-0.4, -0.2) is 38.0 Å². The van der Waals surface area contributed by atoms with Crippen LogP contribution in [0.15, 0.2) is 47.4 Å². The van der Waals surface area contributed by atoms with E-state index in [0.29, 0.717) is 0 Å². The van der Waals surface area contributed by atoms with Gasteiger partial charge in [0.25, 0.3) is 5.91 Å². The highest BCUT2D eigenvalue weighted by Crippen LogP contribution is 2.28. The van der Waals surface area contributed by atoms with Crippen molar-refractivity contribution in [1.82, 2.24) is 4.72 Å². The van der Waals surface area contributed by atoms with Crippen LogP contribution in [0.5, 0.6) is 5.75 Å². The molecule has 2 aromatic carbocycles. The number of phenolic OH excluding ortho intramolecular Hbond substituents is 1. The molecule has 0 radical (unpaired) electrons. The quantitative estimate of drug-likeness (QED) is 0.518. The number of esters is 1. The maximum Gasteiger partial charge on any atom is 0.341 e. The third-order valence-corrected chi connectivity index (χ3v) is 5.33. The van der Waals surface area contributed by atoms with Gasteiger partial charge in [-0.05, 0) is 57.2 Å². The summed E-state index contributed by atoms with van der Waals surface area (Å²) in [5.41, 5.74) is -0.525. The van der Waals surface area contributed by atoms with Crippen molar-refractivity contribution in [1.29, 1.82) is 0 Å². The summed E-state index contributed by atoms with van der Waals surface area (Å²) in [5.74, 6) is -1.74. The number of ether oxygens (including phenoxy) is 1. The number of hydrogen-bond donors (Lipinski definition) is 3. The van der Waals surface area contributed by atoms with Crippen molar-refractivity contribution >= 4 is 27.6 Å². The predicted octanol–water partition coefficient (Wildman–Crippen LogP) is 2.51. The van der Waals surface area contributed by atoms with Gasteiger partial charge in [-0.2, -0.15) is 0 Å². The molecule has 0 aromatic heterocycles. The maximum atomic E-state index is 12.4. The van der Waals surface area contributed by atoms with Crippen LogP contribution < -0.4 is 10.0 Å². The first-order valence-corrected chi connectivity index (χ1v) is 9.78. The highest BCUT2D eigenvalue weighted by Gasteiger charge is 2.22. The molecule has 0 fully saturated rings. The second kappa shape index (κ2) is 7.99. The summed E-state index contributed by atoms with van der Waals surface area (Å²) < 4.78 is 31.7. The topological polar surface area (TPSA) is 122 Å². The zero-order valence-corrected chi connectivity index (χ0v) is 16.8. The van der Waals surface area contributed by atoms with Crippen molar-refractivity contribution in [3.63, 3.8) is 0 Å². The Morgan fingerprint density at radius 1 is 1.04 bits per heavy atom. The molecule has 2 rings (SSSR count). The summed E-state index contributed by atoms with van der Waals surface area (Å²) in [6, 6.07) is 9.60. The van der Waals surface area contributed by atoms with Gasteiger partial charge < -0.3 is 15.2 Å². The first kappa shape index (κ1) is 21.4. The molecule has 2 aromatic rings. The van der Waals surface area contributed by atoms with Gasteiger partial charge in [0.2, 0.25) is 10.0 Å². The number of phenols is 1. The molecule has 1 amide bonds. The van der Waals surface area contributed by atoms with Gasteiger partial charge in [-0.3, -0.25) is 4.79 Å². The standard InChI is InChI=1S/C19H22N2O6S/c1-19(2,3)21-28(25,26)13-10-8-12(9-11-13)17(23)20-15-7-5-6-14(16(15)22)18(24)27-4/h5-11,21-22H,1-4H3,(H,20,23). The molecule has 0 spiro atoms. The first-order chi connectivity index (χ1) is 12.9. The van der Waals surface area contributed by atoms with Crippen LogP contribution in [0.3, 0.4) is 0 Å². The van der Waals surface area contributed by atoms with Gasteiger partial charge in [0.15, 0.2) is 5.75 Å². The van der Waals surface area contributed by atoms with E-state index in [0.717, 1.165) is 0 Å². The Bertz CT molecular complexity index is 992. The lowest BCUT2D eigenvalue weighted by Crippen LogP contribution is -2.40. The van der Waals surface area contributed by atoms with Crippen LogP contribution in [0.25, 0.3) is 0 Å². The molecule has 0 unspecified atom stereocenters. The minimum absolute atomic E-state index is 0.0227. The van der Waals surface area contributed by atoms with E-state index in [-0.39, 0.29) is 21.7 Å². The largest absolute Gasteiger partial charge is 0.505 e. The molecular weight excluding hydrogens is 384 g/mol. The molecule has 150 valence electrons. The number of para-hydroxylation sites is 1. The lowest BCUT2D eigenvalue weighted by Gasteiger charge is -2.20. The van der Waals surface area contributed by atoms with Crippen LogP contribution in [0.1, 0.15) is 41.5 Å². The van der Waals surface area contributed by atoms with Crippen LogP contribution in [0.4, 0.5) is 5.69 Å². The van der Waals surface area contributed by atoms with E-state index in [2.05, 4.69) is 14.8 Å². The first-order valence-electron chi connectivity index (χ1n) is 8.30. The van der Waals surface area contributed by atoms with Gasteiger partial charge in [0.1, 0.15) is 5.56 Å². The number of sulfonamides is 1. The molecule has 0 saturated heterocycles. The van der Waals surface area contributed by atoms with Crippen LogP contribution >= 0.6 is 0 Å². The molecule has 0 aliphatic carbocycles. The van der Waals surface area contributed by atoms with Crippen molar-refractivity contribution in [2.45, 2.75) is 31.2 Å². The lowest BCUT2D eigenvalue weighted by atomic mass is 10.1. The third kappa shape index (κ3) is 5.08. The zero-order valence-electron chi connectivity index (χ0n) is 15.9. The summed E-state index contributed by atoms with van der Waals surface area (Å²) >= 11 is 0. The van der Waals surface area contributed by atoms with Crippen LogP contribution in [-0.2, 0) is 14.8 Å². The zero-order chi connectivity index (χ0) is 21.1. The summed E-state index contributed by atoms with van der Waals surface area (Å²) in [6.07, 6.45) is 0. The smallest absolute Gasteiger partial charge is 0.341 e. The molecule has 0 atom stereocenters. The molecule has 0 saturated carbocycles. The van der Waals surface area contributed by atoms with Gasteiger partial charge in [-0.1, -0.05) is 6.07 Å². The van der Waals surface area contributed by atoms with E-state index >= 15 is 0 Å². The Kier molecular flexibility index (Phi) is 6.10. The summed E-state index contributed by atoms with van der Waals surface area (Å²) in [5, 5.41) is 12.6. The lowest BCUT2D eigenvalue weighted by molar-refractivity contribution is 0.0597. The summed E-state index contributed by atoms with van der Waals surface area (Å²) in [7, 11) is -2.54. The Labute approximate surface area is 163 Å². The predicted molar refractivity (Wildman–Crippen MR) is 104 cm³/mol. The van der Waals surface area contributed by atoms with Crippen molar-refractivity contribution in [3.05, 3.63) is 53.6 Å². The Morgan fingerprint density at radius 2 is 1.64 bits per heavy atom. The number of amides is 1. The van der Waals surface area contributed by atoms with Gasteiger partial charge in [-0.25, -0.2) is 17.9 Å². The number of anilines is 1. The molecule has 8 nitrogen and oxygen atoms in total. The van der Waals surface area contributed by atoms with Gasteiger partial charge in [-0.15, -0.1) is 0 Å². The van der Waals surface area contributed by atoms with Crippen LogP contribution in [0.2, 0.25) is 0 Å². The average molecular weight is 406 g/mol. The minimum atomic E-state index is -3.72. The number of benzene rings is 2. The number of carbonyl (C=O) groups excluding carboxylic acids is 2. The van der Waals surface area contributed by atoms with E-state index < -0.39 is 33.2 Å². The third-order valence-electron chi connectivity index (χ3n) is 3.56. The molecule has 3 N–H and O–H groups in total. The fourth-order valence-corrected chi connectivity index (χ4v) is 3.78. The molecule has 0 aliphatic heterocycles. The van der Waals surface area contributed by atoms with Crippen molar-refractivity contribution in [2.75, 3.05) is 12.4 Å². The van der Waals surface area contributed by atoms with Crippen molar-refractivity contribution < 1.29 is 27.9 Å². The highest BCUT2D eigenvalue weighted by molar-refractivity contribution is 7.89. The van der Waals surface area contributed by atoms with Gasteiger partial charge in [0, 0.05) is 11.1 Å². The van der Waals surface area contributed by atoms with E-state index in [9.17, 15) is 23.1 Å². The van der Waals surface area contributed by atoms with Crippen molar-refractivity contribution in [2.24, 2.45) is 0 Å². The Morgan fingerprint density at radius 3 is 2.18 bits per heavy atom. The maximum absolute atomic E-state index is 12.4. The normalized spacial score (nSPS) is 11.7. The minimum Gasteiger partial charge on any atom is -0.505 e. The molecule has 0 bridgehead atoms. The number of hydrogen-bond acceptors (Lipinski definition) is 6. The summed E-state index contributed by atoms with van der Waals surface area (Å²) in [4.78, 5) is 24.0. The second-order valence-corrected chi connectivity index (χ2v) is 8.71. The summed E-state index contributed by atoms with van der Waals surface area (Å²) in [6.45, 7) is 5.17. The molecule has 9 heteroatoms. The number of carbonyl (C=O) groups is 2. The Balaban J connectivity index is 2.22.